The summed E-state index contributed by atoms with van der Waals surface area (Å²) >= 11 is 0. The maximum absolute atomic E-state index is 12.3. The zero-order chi connectivity index (χ0) is 16.8. The third-order valence-electron chi connectivity index (χ3n) is 3.67. The van der Waals surface area contributed by atoms with E-state index < -0.39 is 15.8 Å². The molecule has 0 bridgehead atoms. The number of methoxy groups -OCH3 is 1. The topological polar surface area (TPSA) is 60.4 Å². The van der Waals surface area contributed by atoms with E-state index in [0.29, 0.717) is 28.9 Å². The average molecular weight is 326 g/mol. The third-order valence-corrected chi connectivity index (χ3v) is 4.92. The van der Waals surface area contributed by atoms with Crippen molar-refractivity contribution >= 4 is 15.8 Å². The maximum Gasteiger partial charge on any atom is 0.338 e. The molecule has 0 heterocycles. The van der Waals surface area contributed by atoms with Gasteiger partial charge in [-0.1, -0.05) is 39.2 Å². The first kappa shape index (κ1) is 18.7. The summed E-state index contributed by atoms with van der Waals surface area (Å²) in [5.41, 5.74) is 1.78. The minimum absolute atomic E-state index is 0.327. The van der Waals surface area contributed by atoms with Crippen molar-refractivity contribution in [2.45, 2.75) is 57.3 Å². The molecule has 0 aliphatic heterocycles. The lowest BCUT2D eigenvalue weighted by atomic mass is 9.97. The van der Waals surface area contributed by atoms with Gasteiger partial charge in [0.2, 0.25) is 0 Å². The first-order valence-electron chi connectivity index (χ1n) is 7.79. The van der Waals surface area contributed by atoms with Gasteiger partial charge in [-0.2, -0.15) is 0 Å². The summed E-state index contributed by atoms with van der Waals surface area (Å²) in [5.74, 6) is -0.478. The van der Waals surface area contributed by atoms with Gasteiger partial charge in [0.05, 0.1) is 17.6 Å². The number of unbranched alkanes of at least 4 members (excludes halogenated alkanes) is 2. The van der Waals surface area contributed by atoms with Gasteiger partial charge in [-0.25, -0.2) is 13.2 Å². The molecule has 1 aromatic carbocycles. The molecule has 0 N–H and O–H groups in total. The maximum atomic E-state index is 12.3. The molecule has 0 aliphatic rings. The molecule has 124 valence electrons. The van der Waals surface area contributed by atoms with Crippen LogP contribution in [0.1, 0.15) is 61.0 Å². The van der Waals surface area contributed by atoms with Crippen LogP contribution in [0, 0.1) is 0 Å². The van der Waals surface area contributed by atoms with Gasteiger partial charge in [0.15, 0.2) is 9.84 Å². The van der Waals surface area contributed by atoms with Crippen LogP contribution in [0.15, 0.2) is 17.0 Å². The third kappa shape index (κ3) is 4.57. The van der Waals surface area contributed by atoms with Gasteiger partial charge in [0.1, 0.15) is 0 Å². The zero-order valence-electron chi connectivity index (χ0n) is 13.9. The monoisotopic (exact) mass is 326 g/mol. The van der Waals surface area contributed by atoms with Crippen LogP contribution in [0.3, 0.4) is 0 Å². The van der Waals surface area contributed by atoms with E-state index in [9.17, 15) is 13.2 Å². The number of benzene rings is 1. The highest BCUT2D eigenvalue weighted by atomic mass is 32.2. The Morgan fingerprint density at radius 3 is 2.27 bits per heavy atom. The molecular weight excluding hydrogens is 300 g/mol. The minimum atomic E-state index is -3.40. The minimum Gasteiger partial charge on any atom is -0.465 e. The van der Waals surface area contributed by atoms with E-state index in [0.717, 1.165) is 31.2 Å². The first-order chi connectivity index (χ1) is 10.4. The number of sulfone groups is 1. The summed E-state index contributed by atoms with van der Waals surface area (Å²) in [7, 11) is -2.08. The lowest BCUT2D eigenvalue weighted by Gasteiger charge is -2.16. The van der Waals surface area contributed by atoms with Gasteiger partial charge < -0.3 is 4.74 Å². The predicted molar refractivity (Wildman–Crippen MR) is 88.1 cm³/mol. The van der Waals surface area contributed by atoms with Crippen molar-refractivity contribution in [1.29, 1.82) is 0 Å². The van der Waals surface area contributed by atoms with Crippen LogP contribution in [0.25, 0.3) is 0 Å². The summed E-state index contributed by atoms with van der Waals surface area (Å²) < 4.78 is 29.4. The second-order valence-electron chi connectivity index (χ2n) is 5.55. The molecule has 0 amide bonds. The van der Waals surface area contributed by atoms with E-state index in [-0.39, 0.29) is 0 Å². The number of aryl methyl sites for hydroxylation is 1. The second-order valence-corrected chi connectivity index (χ2v) is 7.50. The van der Waals surface area contributed by atoms with Gasteiger partial charge in [-0.3, -0.25) is 0 Å². The molecule has 0 unspecified atom stereocenters. The zero-order valence-corrected chi connectivity index (χ0v) is 14.8. The molecule has 0 fully saturated rings. The summed E-state index contributed by atoms with van der Waals surface area (Å²) in [6.45, 7) is 4.08. The van der Waals surface area contributed by atoms with E-state index in [2.05, 4.69) is 6.92 Å². The van der Waals surface area contributed by atoms with Crippen LogP contribution >= 0.6 is 0 Å². The fourth-order valence-corrected chi connectivity index (χ4v) is 4.01. The Morgan fingerprint density at radius 2 is 1.77 bits per heavy atom. The highest BCUT2D eigenvalue weighted by Crippen LogP contribution is 2.28. The SMILES string of the molecule is CCCCCc1ccc(C(=O)OC)c(CCC)c1S(C)(=O)=O. The summed E-state index contributed by atoms with van der Waals surface area (Å²) in [4.78, 5) is 12.3. The molecule has 0 aliphatic carbocycles. The van der Waals surface area contributed by atoms with Gasteiger partial charge in [0, 0.05) is 6.26 Å². The number of hydrogen-bond acceptors (Lipinski definition) is 4. The number of rotatable bonds is 8. The highest BCUT2D eigenvalue weighted by molar-refractivity contribution is 7.90. The molecular formula is C17H26O4S. The Balaban J connectivity index is 3.47. The van der Waals surface area contributed by atoms with Crippen molar-refractivity contribution in [3.05, 3.63) is 28.8 Å². The highest BCUT2D eigenvalue weighted by Gasteiger charge is 2.23. The van der Waals surface area contributed by atoms with E-state index in [4.69, 9.17) is 4.74 Å². The summed E-state index contributed by atoms with van der Waals surface area (Å²) in [6, 6.07) is 3.46. The van der Waals surface area contributed by atoms with Crippen molar-refractivity contribution in [2.24, 2.45) is 0 Å². The normalized spacial score (nSPS) is 11.5. The molecule has 0 saturated heterocycles. The van der Waals surface area contributed by atoms with Crippen molar-refractivity contribution in [3.63, 3.8) is 0 Å². The van der Waals surface area contributed by atoms with Gasteiger partial charge >= 0.3 is 5.97 Å². The van der Waals surface area contributed by atoms with Gasteiger partial charge in [-0.15, -0.1) is 0 Å². The van der Waals surface area contributed by atoms with Crippen LogP contribution in [0.4, 0.5) is 0 Å². The first-order valence-corrected chi connectivity index (χ1v) is 9.69. The van der Waals surface area contributed by atoms with Gasteiger partial charge in [-0.05, 0) is 36.5 Å². The molecule has 0 atom stereocenters. The van der Waals surface area contributed by atoms with Crippen LogP contribution < -0.4 is 0 Å². The fraction of sp³-hybridized carbons (Fsp3) is 0.588. The number of carbonyl (C=O) groups is 1. The molecule has 0 aromatic heterocycles. The lowest BCUT2D eigenvalue weighted by molar-refractivity contribution is 0.0599. The molecule has 4 nitrogen and oxygen atoms in total. The van der Waals surface area contributed by atoms with Crippen molar-refractivity contribution in [3.8, 4) is 0 Å². The Bertz CT molecular complexity index is 618. The number of ether oxygens (including phenoxy) is 1. The Hall–Kier alpha value is -1.36. The molecule has 0 saturated carbocycles. The Labute approximate surface area is 133 Å². The largest absolute Gasteiger partial charge is 0.465 e. The molecule has 5 heteroatoms. The predicted octanol–water partition coefficient (Wildman–Crippen LogP) is 3.56. The second kappa shape index (κ2) is 8.32. The van der Waals surface area contributed by atoms with E-state index in [1.54, 1.807) is 12.1 Å². The number of esters is 1. The van der Waals surface area contributed by atoms with E-state index in [1.165, 1.54) is 13.4 Å². The molecule has 1 aromatic rings. The van der Waals surface area contributed by atoms with Crippen molar-refractivity contribution < 1.29 is 17.9 Å². The van der Waals surface area contributed by atoms with Crippen molar-refractivity contribution in [2.75, 3.05) is 13.4 Å². The van der Waals surface area contributed by atoms with Crippen LogP contribution in [-0.2, 0) is 27.4 Å². The van der Waals surface area contributed by atoms with E-state index in [1.807, 2.05) is 6.92 Å². The van der Waals surface area contributed by atoms with E-state index >= 15 is 0 Å². The lowest BCUT2D eigenvalue weighted by Crippen LogP contribution is -2.14. The molecule has 22 heavy (non-hydrogen) atoms. The Kier molecular flexibility index (Phi) is 7.07. The van der Waals surface area contributed by atoms with Gasteiger partial charge in [0.25, 0.3) is 0 Å². The molecule has 1 rings (SSSR count). The standard InChI is InChI=1S/C17H26O4S/c1-5-7-8-10-13-11-12-15(17(18)21-3)14(9-6-2)16(13)22(4,19)20/h11-12H,5-10H2,1-4H3. The summed E-state index contributed by atoms with van der Waals surface area (Å²) in [5, 5.41) is 0. The fourth-order valence-electron chi connectivity index (χ4n) is 2.70. The Morgan fingerprint density at radius 1 is 1.09 bits per heavy atom. The molecule has 0 radical (unpaired) electrons. The van der Waals surface area contributed by atoms with Crippen LogP contribution in [0.5, 0.6) is 0 Å². The number of hydrogen-bond donors (Lipinski definition) is 0. The average Bonchev–Trinajstić information content (AvgIpc) is 2.46. The van der Waals surface area contributed by atoms with Crippen molar-refractivity contribution in [1.82, 2.24) is 0 Å². The quantitative estimate of drug-likeness (QED) is 0.541. The summed E-state index contributed by atoms with van der Waals surface area (Å²) in [6.07, 6.45) is 6.34. The smallest absolute Gasteiger partial charge is 0.338 e. The molecule has 0 spiro atoms. The number of carbonyl (C=O) groups excluding carboxylic acids is 1. The van der Waals surface area contributed by atoms with Crippen LogP contribution in [0.2, 0.25) is 0 Å². The van der Waals surface area contributed by atoms with Crippen LogP contribution in [-0.4, -0.2) is 27.8 Å².